The minimum Gasteiger partial charge on any atom is -0.388 e. The lowest BCUT2D eigenvalue weighted by atomic mass is 9.85. The van der Waals surface area contributed by atoms with E-state index >= 15 is 0 Å². The van der Waals surface area contributed by atoms with Gasteiger partial charge in [0.2, 0.25) is 5.78 Å². The van der Waals surface area contributed by atoms with E-state index in [0.717, 1.165) is 29.7 Å². The van der Waals surface area contributed by atoms with Crippen LogP contribution in [0, 0.1) is 29.6 Å². The van der Waals surface area contributed by atoms with Crippen molar-refractivity contribution in [2.75, 3.05) is 14.2 Å². The molecule has 0 spiro atoms. The Morgan fingerprint density at radius 1 is 1.14 bits per heavy atom. The van der Waals surface area contributed by atoms with Crippen LogP contribution in [0.15, 0.2) is 24.3 Å². The van der Waals surface area contributed by atoms with Gasteiger partial charge < -0.3 is 4.74 Å². The summed E-state index contributed by atoms with van der Waals surface area (Å²) in [5.74, 6) is 2.48. The zero-order chi connectivity index (χ0) is 22.7. The summed E-state index contributed by atoms with van der Waals surface area (Å²) in [7, 11) is 3.25. The van der Waals surface area contributed by atoms with Crippen LogP contribution in [0.5, 0.6) is 0 Å². The molecule has 3 heteroatoms. The number of ether oxygens (including phenoxy) is 1. The van der Waals surface area contributed by atoms with Crippen molar-refractivity contribution in [3.8, 4) is 0 Å². The summed E-state index contributed by atoms with van der Waals surface area (Å²) in [4.78, 5) is 22.4. The lowest BCUT2D eigenvalue weighted by Gasteiger charge is -2.20. The van der Waals surface area contributed by atoms with E-state index < -0.39 is 0 Å². The van der Waals surface area contributed by atoms with Crippen molar-refractivity contribution >= 4 is 12.1 Å². The van der Waals surface area contributed by atoms with Gasteiger partial charge in [-0.05, 0) is 48.5 Å². The van der Waals surface area contributed by atoms with Gasteiger partial charge in [0.15, 0.2) is 6.29 Å². The van der Waals surface area contributed by atoms with Gasteiger partial charge in [-0.25, -0.2) is 0 Å². The van der Waals surface area contributed by atoms with E-state index in [1.165, 1.54) is 12.8 Å². The molecular weight excluding hydrogens is 348 g/mol. The standard InChI is InChI=1S/C19H30O2.C2H6O.2C2H6/c1-6-15(17(8-3)19(21)12-20)10-9-13(4)14(5)18-11-16(18)7-2;1-3-2;2*1-2/h6,10,12-14,16-18H,1,7-9,11H2,2-5H3;1-2H3;2*1-2H3/b15-10+;;;. The van der Waals surface area contributed by atoms with E-state index in [9.17, 15) is 9.59 Å². The minimum absolute atomic E-state index is 0.313. The van der Waals surface area contributed by atoms with Gasteiger partial charge in [0, 0.05) is 20.1 Å². The molecule has 0 aromatic carbocycles. The monoisotopic (exact) mass is 396 g/mol. The predicted octanol–water partition coefficient (Wildman–Crippen LogP) is 6.92. The number of hydrogen-bond donors (Lipinski definition) is 0. The molecule has 0 saturated heterocycles. The third-order valence-corrected chi connectivity index (χ3v) is 5.31. The van der Waals surface area contributed by atoms with Crippen LogP contribution in [0.1, 0.15) is 81.1 Å². The fourth-order valence-electron chi connectivity index (χ4n) is 3.39. The fraction of sp³-hybridized carbons (Fsp3) is 0.760. The van der Waals surface area contributed by atoms with Crippen molar-refractivity contribution in [2.45, 2.75) is 81.1 Å². The van der Waals surface area contributed by atoms with Crippen LogP contribution in [-0.2, 0) is 14.3 Å². The van der Waals surface area contributed by atoms with Crippen LogP contribution in [-0.4, -0.2) is 26.3 Å². The quantitative estimate of drug-likeness (QED) is 0.229. The summed E-state index contributed by atoms with van der Waals surface area (Å²) in [5, 5.41) is 0. The van der Waals surface area contributed by atoms with Crippen molar-refractivity contribution in [3.05, 3.63) is 24.3 Å². The average Bonchev–Trinajstić information content (AvgIpc) is 3.53. The largest absolute Gasteiger partial charge is 0.388 e. The molecule has 1 saturated carbocycles. The van der Waals surface area contributed by atoms with E-state index in [-0.39, 0.29) is 11.7 Å². The Labute approximate surface area is 176 Å². The van der Waals surface area contributed by atoms with Crippen LogP contribution < -0.4 is 0 Å². The Morgan fingerprint density at radius 3 is 1.96 bits per heavy atom. The van der Waals surface area contributed by atoms with Crippen LogP contribution in [0.4, 0.5) is 0 Å². The molecule has 0 aliphatic heterocycles. The number of rotatable bonds is 10. The van der Waals surface area contributed by atoms with Crippen molar-refractivity contribution in [1.82, 2.24) is 0 Å². The number of ketones is 1. The van der Waals surface area contributed by atoms with Crippen LogP contribution in [0.3, 0.4) is 0 Å². The van der Waals surface area contributed by atoms with Crippen molar-refractivity contribution in [3.63, 3.8) is 0 Å². The molecule has 0 N–H and O–H groups in total. The number of aldehydes is 1. The normalized spacial score (nSPS) is 20.4. The van der Waals surface area contributed by atoms with Crippen molar-refractivity contribution < 1.29 is 14.3 Å². The highest BCUT2D eigenvalue weighted by Gasteiger charge is 2.40. The summed E-state index contributed by atoms with van der Waals surface area (Å²) < 4.78 is 4.25. The number of carbonyl (C=O) groups excluding carboxylic acids is 2. The molecular formula is C25H48O3. The fourth-order valence-corrected chi connectivity index (χ4v) is 3.39. The second-order valence-electron chi connectivity index (χ2n) is 6.94. The van der Waals surface area contributed by atoms with E-state index in [1.807, 2.05) is 34.6 Å². The zero-order valence-electron chi connectivity index (χ0n) is 20.4. The summed E-state index contributed by atoms with van der Waals surface area (Å²) in [6, 6.07) is 0. The highest BCUT2D eigenvalue weighted by molar-refractivity contribution is 6.26. The first kappa shape index (κ1) is 31.5. The molecule has 0 radical (unpaired) electrons. The van der Waals surface area contributed by atoms with Gasteiger partial charge in [-0.3, -0.25) is 9.59 Å². The van der Waals surface area contributed by atoms with Crippen molar-refractivity contribution in [2.24, 2.45) is 29.6 Å². The predicted molar refractivity (Wildman–Crippen MR) is 124 cm³/mol. The van der Waals surface area contributed by atoms with E-state index in [1.54, 1.807) is 20.3 Å². The van der Waals surface area contributed by atoms with E-state index in [0.29, 0.717) is 18.6 Å². The second kappa shape index (κ2) is 20.5. The molecule has 0 bridgehead atoms. The van der Waals surface area contributed by atoms with Crippen molar-refractivity contribution in [1.29, 1.82) is 0 Å². The van der Waals surface area contributed by atoms with Crippen LogP contribution >= 0.6 is 0 Å². The number of hydrogen-bond acceptors (Lipinski definition) is 3. The number of Topliss-reactive ketones (excluding diaryl/α,β-unsaturated/α-hetero) is 1. The Kier molecular flexibility index (Phi) is 23.1. The Bertz CT molecular complexity index is 426. The first-order chi connectivity index (χ1) is 13.4. The van der Waals surface area contributed by atoms with Gasteiger partial charge in [0.05, 0.1) is 0 Å². The van der Waals surface area contributed by atoms with Crippen LogP contribution in [0.25, 0.3) is 0 Å². The molecule has 0 aromatic rings. The highest BCUT2D eigenvalue weighted by atomic mass is 16.4. The number of allylic oxidation sites excluding steroid dienone is 3. The van der Waals surface area contributed by atoms with E-state index in [2.05, 4.69) is 38.2 Å². The number of methoxy groups -OCH3 is 1. The Morgan fingerprint density at radius 2 is 1.64 bits per heavy atom. The molecule has 0 amide bonds. The van der Waals surface area contributed by atoms with Crippen LogP contribution in [0.2, 0.25) is 0 Å². The molecule has 1 aliphatic carbocycles. The first-order valence-electron chi connectivity index (χ1n) is 11.1. The third-order valence-electron chi connectivity index (χ3n) is 5.31. The lowest BCUT2D eigenvalue weighted by molar-refractivity contribution is -0.131. The topological polar surface area (TPSA) is 43.4 Å². The summed E-state index contributed by atoms with van der Waals surface area (Å²) in [6.45, 7) is 20.6. The average molecular weight is 397 g/mol. The smallest absolute Gasteiger partial charge is 0.202 e. The second-order valence-corrected chi connectivity index (χ2v) is 6.94. The summed E-state index contributed by atoms with van der Waals surface area (Å²) in [5.41, 5.74) is 0.913. The molecule has 3 nitrogen and oxygen atoms in total. The maximum absolute atomic E-state index is 11.7. The Balaban J connectivity index is -0.000000789. The van der Waals surface area contributed by atoms with Gasteiger partial charge in [-0.2, -0.15) is 0 Å². The molecule has 5 atom stereocenters. The van der Waals surface area contributed by atoms with E-state index in [4.69, 9.17) is 0 Å². The maximum atomic E-state index is 11.7. The lowest BCUT2D eigenvalue weighted by Crippen LogP contribution is -2.17. The van der Waals surface area contributed by atoms with Gasteiger partial charge in [0.1, 0.15) is 0 Å². The molecule has 0 heterocycles. The molecule has 1 aliphatic rings. The maximum Gasteiger partial charge on any atom is 0.202 e. The zero-order valence-corrected chi connectivity index (χ0v) is 20.4. The molecule has 28 heavy (non-hydrogen) atoms. The summed E-state index contributed by atoms with van der Waals surface area (Å²) >= 11 is 0. The van der Waals surface area contributed by atoms with Gasteiger partial charge in [0.25, 0.3) is 0 Å². The summed E-state index contributed by atoms with van der Waals surface area (Å²) in [6.07, 6.45) is 8.57. The molecule has 5 unspecified atom stereocenters. The highest BCUT2D eigenvalue weighted by Crippen LogP contribution is 2.49. The third kappa shape index (κ3) is 12.3. The first-order valence-corrected chi connectivity index (χ1v) is 11.1. The minimum atomic E-state index is -0.336. The molecule has 1 rings (SSSR count). The SMILES string of the molecule is C=C/C(=C\CC(C)C(C)C1CC1CC)C(CC)C(=O)C=O.CC.CC.COC. The van der Waals surface area contributed by atoms with Gasteiger partial charge in [-0.1, -0.05) is 80.5 Å². The molecule has 1 fully saturated rings. The number of carbonyl (C=O) groups is 2. The van der Waals surface area contributed by atoms with Gasteiger partial charge in [-0.15, -0.1) is 0 Å². The molecule has 0 aromatic heterocycles. The van der Waals surface area contributed by atoms with Gasteiger partial charge >= 0.3 is 0 Å². The molecule has 166 valence electrons. The Hall–Kier alpha value is -1.22.